The summed E-state index contributed by atoms with van der Waals surface area (Å²) in [5.41, 5.74) is 1.19. The van der Waals surface area contributed by atoms with Crippen LogP contribution in [0.25, 0.3) is 0 Å². The molecule has 0 radical (unpaired) electrons. The Kier molecular flexibility index (Phi) is 5.87. The van der Waals surface area contributed by atoms with Gasteiger partial charge in [-0.1, -0.05) is 30.3 Å². The Balaban J connectivity index is 2.27. The minimum absolute atomic E-state index is 0.224. The van der Waals surface area contributed by atoms with Crippen LogP contribution < -0.4 is 10.6 Å². The number of benzene rings is 1. The number of carboxylic acids is 1. The quantitative estimate of drug-likeness (QED) is 0.612. The lowest BCUT2D eigenvalue weighted by Gasteiger charge is -2.13. The van der Waals surface area contributed by atoms with Crippen molar-refractivity contribution in [3.63, 3.8) is 0 Å². The van der Waals surface area contributed by atoms with Crippen LogP contribution >= 0.6 is 0 Å². The highest BCUT2D eigenvalue weighted by Crippen LogP contribution is 1.98. The molecule has 1 amide bonds. The number of carbonyl (C=O) groups excluding carboxylic acids is 1. The van der Waals surface area contributed by atoms with Crippen LogP contribution in [0.4, 0.5) is 0 Å². The number of hydrogen-bond acceptors (Lipinski definition) is 3. The molecule has 1 unspecified atom stereocenters. The summed E-state index contributed by atoms with van der Waals surface area (Å²) in [4.78, 5) is 21.7. The van der Waals surface area contributed by atoms with Crippen molar-refractivity contribution in [2.75, 3.05) is 13.1 Å². The number of aliphatic carboxylic acids is 1. The molecule has 0 aliphatic rings. The maximum absolute atomic E-state index is 10.8. The topological polar surface area (TPSA) is 78.4 Å². The van der Waals surface area contributed by atoms with Gasteiger partial charge in [-0.15, -0.1) is 0 Å². The zero-order valence-electron chi connectivity index (χ0n) is 10.3. The fraction of sp³-hybridized carbons (Fsp3) is 0.385. The third-order valence-corrected chi connectivity index (χ3v) is 2.46. The van der Waals surface area contributed by atoms with Gasteiger partial charge >= 0.3 is 5.97 Å². The van der Waals surface area contributed by atoms with E-state index in [1.807, 2.05) is 30.3 Å². The summed E-state index contributed by atoms with van der Waals surface area (Å²) in [5, 5.41) is 14.3. The van der Waals surface area contributed by atoms with Crippen LogP contribution in [-0.4, -0.2) is 36.1 Å². The largest absolute Gasteiger partial charge is 0.480 e. The number of amides is 1. The maximum Gasteiger partial charge on any atom is 0.327 e. The molecule has 98 valence electrons. The van der Waals surface area contributed by atoms with E-state index in [1.54, 1.807) is 0 Å². The van der Waals surface area contributed by atoms with Crippen molar-refractivity contribution in [2.45, 2.75) is 19.4 Å². The normalized spacial score (nSPS) is 11.8. The second kappa shape index (κ2) is 7.45. The molecule has 0 aliphatic heterocycles. The molecule has 0 saturated heterocycles. The Labute approximate surface area is 106 Å². The van der Waals surface area contributed by atoms with Gasteiger partial charge in [-0.05, 0) is 18.5 Å². The highest BCUT2D eigenvalue weighted by atomic mass is 16.4. The molecule has 0 fully saturated rings. The average molecular weight is 250 g/mol. The van der Waals surface area contributed by atoms with Crippen molar-refractivity contribution >= 4 is 11.9 Å². The molecule has 5 nitrogen and oxygen atoms in total. The molecule has 0 heterocycles. The minimum Gasteiger partial charge on any atom is -0.480 e. The Morgan fingerprint density at radius 1 is 1.28 bits per heavy atom. The van der Waals surface area contributed by atoms with Crippen LogP contribution in [-0.2, 0) is 16.0 Å². The van der Waals surface area contributed by atoms with E-state index in [1.165, 1.54) is 12.5 Å². The third kappa shape index (κ3) is 5.45. The van der Waals surface area contributed by atoms with Gasteiger partial charge < -0.3 is 15.7 Å². The Bertz CT molecular complexity index is 392. The van der Waals surface area contributed by atoms with Crippen molar-refractivity contribution in [2.24, 2.45) is 0 Å². The number of carbonyl (C=O) groups is 2. The van der Waals surface area contributed by atoms with Crippen LogP contribution in [0.5, 0.6) is 0 Å². The van der Waals surface area contributed by atoms with Gasteiger partial charge in [-0.3, -0.25) is 4.79 Å². The Morgan fingerprint density at radius 3 is 2.50 bits per heavy atom. The van der Waals surface area contributed by atoms with Crippen molar-refractivity contribution < 1.29 is 14.7 Å². The first kappa shape index (κ1) is 14.2. The molecule has 1 aromatic rings. The number of nitrogens with one attached hydrogen (secondary N) is 2. The lowest BCUT2D eigenvalue weighted by atomic mass is 10.1. The van der Waals surface area contributed by atoms with E-state index in [4.69, 9.17) is 5.11 Å². The zero-order valence-corrected chi connectivity index (χ0v) is 10.3. The first-order valence-corrected chi connectivity index (χ1v) is 5.84. The Morgan fingerprint density at radius 2 is 1.94 bits per heavy atom. The molecule has 1 rings (SSSR count). The lowest BCUT2D eigenvalue weighted by molar-refractivity contribution is -0.141. The van der Waals surface area contributed by atoms with Crippen molar-refractivity contribution in [1.82, 2.24) is 10.6 Å². The molecule has 0 bridgehead atoms. The van der Waals surface area contributed by atoms with Gasteiger partial charge in [0.15, 0.2) is 0 Å². The van der Waals surface area contributed by atoms with E-state index < -0.39 is 12.0 Å². The summed E-state index contributed by atoms with van der Waals surface area (Å²) in [7, 11) is 0. The van der Waals surface area contributed by atoms with Gasteiger partial charge in [-0.2, -0.15) is 0 Å². The predicted octanol–water partition coefficient (Wildman–Crippen LogP) is 0.408. The molecule has 1 atom stereocenters. The van der Waals surface area contributed by atoms with Crippen LogP contribution in [0.15, 0.2) is 30.3 Å². The van der Waals surface area contributed by atoms with Crippen LogP contribution in [0.1, 0.15) is 12.5 Å². The Hall–Kier alpha value is -1.88. The van der Waals surface area contributed by atoms with Gasteiger partial charge in [0.05, 0.1) is 0 Å². The molecule has 18 heavy (non-hydrogen) atoms. The van der Waals surface area contributed by atoms with Crippen molar-refractivity contribution in [3.05, 3.63) is 35.9 Å². The molecule has 0 saturated carbocycles. The van der Waals surface area contributed by atoms with Gasteiger partial charge in [0, 0.05) is 13.5 Å². The standard InChI is InChI=1S/C13H18N2O3/c1-10(16)15-12(13(17)18)9-14-8-7-11-5-3-2-4-6-11/h2-6,12,14H,7-9H2,1H3,(H,15,16)(H,17,18). The molecule has 0 aliphatic carbocycles. The minimum atomic E-state index is -1.03. The second-order valence-corrected chi connectivity index (χ2v) is 4.03. The van der Waals surface area contributed by atoms with E-state index in [9.17, 15) is 9.59 Å². The fourth-order valence-corrected chi connectivity index (χ4v) is 1.57. The molecule has 0 spiro atoms. The highest BCUT2D eigenvalue weighted by Gasteiger charge is 2.17. The third-order valence-electron chi connectivity index (χ3n) is 2.46. The fourth-order valence-electron chi connectivity index (χ4n) is 1.57. The van der Waals surface area contributed by atoms with E-state index in [0.717, 1.165) is 6.42 Å². The number of carboxylic acid groups (broad SMARTS) is 1. The van der Waals surface area contributed by atoms with Gasteiger partial charge in [0.2, 0.25) is 5.91 Å². The van der Waals surface area contributed by atoms with Crippen LogP contribution in [0.3, 0.4) is 0 Å². The van der Waals surface area contributed by atoms with E-state index in [0.29, 0.717) is 6.54 Å². The monoisotopic (exact) mass is 250 g/mol. The summed E-state index contributed by atoms with van der Waals surface area (Å²) in [6.07, 6.45) is 0.827. The highest BCUT2D eigenvalue weighted by molar-refractivity contribution is 5.82. The predicted molar refractivity (Wildman–Crippen MR) is 68.3 cm³/mol. The number of hydrogen-bond donors (Lipinski definition) is 3. The van der Waals surface area contributed by atoms with Crippen LogP contribution in [0, 0.1) is 0 Å². The molecular weight excluding hydrogens is 232 g/mol. The van der Waals surface area contributed by atoms with Gasteiger partial charge in [0.25, 0.3) is 0 Å². The molecule has 5 heteroatoms. The van der Waals surface area contributed by atoms with Gasteiger partial charge in [-0.25, -0.2) is 4.79 Å². The first-order chi connectivity index (χ1) is 8.59. The second-order valence-electron chi connectivity index (χ2n) is 4.03. The molecule has 1 aromatic carbocycles. The van der Waals surface area contributed by atoms with Gasteiger partial charge in [0.1, 0.15) is 6.04 Å². The molecule has 0 aromatic heterocycles. The summed E-state index contributed by atoms with van der Waals surface area (Å²) >= 11 is 0. The smallest absolute Gasteiger partial charge is 0.327 e. The summed E-state index contributed by atoms with van der Waals surface area (Å²) in [5.74, 6) is -1.37. The van der Waals surface area contributed by atoms with E-state index in [-0.39, 0.29) is 12.5 Å². The summed E-state index contributed by atoms with van der Waals surface area (Å²) < 4.78 is 0. The van der Waals surface area contributed by atoms with E-state index >= 15 is 0 Å². The lowest BCUT2D eigenvalue weighted by Crippen LogP contribution is -2.46. The molecule has 3 N–H and O–H groups in total. The SMILES string of the molecule is CC(=O)NC(CNCCc1ccccc1)C(=O)O. The summed E-state index contributed by atoms with van der Waals surface area (Å²) in [6, 6.07) is 9.04. The van der Waals surface area contributed by atoms with Crippen molar-refractivity contribution in [3.8, 4) is 0 Å². The van der Waals surface area contributed by atoms with Crippen LogP contribution in [0.2, 0.25) is 0 Å². The first-order valence-electron chi connectivity index (χ1n) is 5.84. The average Bonchev–Trinajstić information content (AvgIpc) is 2.33. The zero-order chi connectivity index (χ0) is 13.4. The van der Waals surface area contributed by atoms with E-state index in [2.05, 4.69) is 10.6 Å². The molecular formula is C13H18N2O3. The maximum atomic E-state index is 10.8. The van der Waals surface area contributed by atoms with Crippen molar-refractivity contribution in [1.29, 1.82) is 0 Å². The summed E-state index contributed by atoms with van der Waals surface area (Å²) in [6.45, 7) is 2.20. The number of rotatable bonds is 7.